The van der Waals surface area contributed by atoms with Crippen molar-refractivity contribution >= 4 is 27.5 Å². The molecule has 1 amide bonds. The predicted octanol–water partition coefficient (Wildman–Crippen LogP) is -0.307. The van der Waals surface area contributed by atoms with Gasteiger partial charge in [0.1, 0.15) is 0 Å². The Morgan fingerprint density at radius 2 is 1.63 bits per heavy atom. The average Bonchev–Trinajstić information content (AvgIpc) is 2.44. The number of rotatable bonds is 7. The Morgan fingerprint density at radius 3 is 2.11 bits per heavy atom. The van der Waals surface area contributed by atoms with Gasteiger partial charge in [-0.25, -0.2) is 0 Å². The molecule has 0 unspecified atom stereocenters. The minimum absolute atomic E-state index is 0.127. The maximum absolute atomic E-state index is 11.7. The fraction of sp³-hybridized carbons (Fsp3) is 0.417. The molecule has 1 aromatic rings. The number of aliphatic hydroxyl groups is 3. The van der Waals surface area contributed by atoms with Gasteiger partial charge >= 0.3 is 0 Å². The first-order valence-corrected chi connectivity index (χ1v) is 6.47. The first-order valence-electron chi connectivity index (χ1n) is 5.68. The van der Waals surface area contributed by atoms with E-state index in [0.717, 1.165) is 4.47 Å². The monoisotopic (exact) mass is 332 g/mol. The lowest BCUT2D eigenvalue weighted by Crippen LogP contribution is -2.56. The van der Waals surface area contributed by atoms with E-state index in [-0.39, 0.29) is 12.5 Å². The minimum Gasteiger partial charge on any atom is -0.394 e. The van der Waals surface area contributed by atoms with Gasteiger partial charge in [0.25, 0.3) is 0 Å². The lowest BCUT2D eigenvalue weighted by molar-refractivity contribution is -0.116. The number of carbonyl (C=O) groups excluding carboxylic acids is 1. The molecule has 0 saturated carbocycles. The van der Waals surface area contributed by atoms with Crippen LogP contribution in [0, 0.1) is 0 Å². The molecule has 0 saturated heterocycles. The quantitative estimate of drug-likeness (QED) is 0.471. The number of nitrogens with one attached hydrogen (secondary N) is 2. The van der Waals surface area contributed by atoms with Crippen molar-refractivity contribution in [3.8, 4) is 0 Å². The standard InChI is InChI=1S/C12H17BrN2O4/c13-9-1-3-10(4-2-9)15-11(19)5-14-12(6-16,7-17)8-18/h1-4,14,16-18H,5-8H2,(H,15,19). The summed E-state index contributed by atoms with van der Waals surface area (Å²) < 4.78 is 0.906. The summed E-state index contributed by atoms with van der Waals surface area (Å²) in [6, 6.07) is 7.06. The number of anilines is 1. The second kappa shape index (κ2) is 7.56. The Morgan fingerprint density at radius 1 is 1.11 bits per heavy atom. The van der Waals surface area contributed by atoms with E-state index in [9.17, 15) is 4.79 Å². The molecule has 0 fully saturated rings. The van der Waals surface area contributed by atoms with Crippen LogP contribution in [-0.4, -0.2) is 53.1 Å². The van der Waals surface area contributed by atoms with E-state index in [0.29, 0.717) is 5.69 Å². The van der Waals surface area contributed by atoms with Gasteiger partial charge in [-0.3, -0.25) is 10.1 Å². The van der Waals surface area contributed by atoms with Crippen molar-refractivity contribution in [1.29, 1.82) is 0 Å². The van der Waals surface area contributed by atoms with Crippen LogP contribution in [0.5, 0.6) is 0 Å². The maximum Gasteiger partial charge on any atom is 0.238 e. The maximum atomic E-state index is 11.7. The molecular formula is C12H17BrN2O4. The Kier molecular flexibility index (Phi) is 6.40. The predicted molar refractivity (Wildman–Crippen MR) is 74.8 cm³/mol. The second-order valence-corrected chi connectivity index (χ2v) is 5.08. The molecule has 0 aromatic heterocycles. The molecule has 0 atom stereocenters. The normalized spacial score (nSPS) is 11.4. The van der Waals surface area contributed by atoms with Gasteiger partial charge in [0, 0.05) is 10.2 Å². The third-order valence-corrected chi connectivity index (χ3v) is 3.19. The summed E-state index contributed by atoms with van der Waals surface area (Å²) in [5, 5.41) is 32.6. The fourth-order valence-electron chi connectivity index (χ4n) is 1.32. The van der Waals surface area contributed by atoms with Crippen LogP contribution in [-0.2, 0) is 4.79 Å². The molecule has 0 aliphatic heterocycles. The first kappa shape index (κ1) is 16.1. The van der Waals surface area contributed by atoms with Crippen LogP contribution in [0.4, 0.5) is 5.69 Å². The molecule has 0 heterocycles. The summed E-state index contributed by atoms with van der Waals surface area (Å²) in [5.74, 6) is -0.331. The molecule has 7 heteroatoms. The van der Waals surface area contributed by atoms with E-state index < -0.39 is 25.4 Å². The molecule has 5 N–H and O–H groups in total. The lowest BCUT2D eigenvalue weighted by Gasteiger charge is -2.28. The van der Waals surface area contributed by atoms with Gasteiger partial charge in [0.15, 0.2) is 0 Å². The highest BCUT2D eigenvalue weighted by atomic mass is 79.9. The average molecular weight is 333 g/mol. The summed E-state index contributed by atoms with van der Waals surface area (Å²) in [4.78, 5) is 11.7. The number of halogens is 1. The van der Waals surface area contributed by atoms with Gasteiger partial charge in [0.05, 0.1) is 31.9 Å². The van der Waals surface area contributed by atoms with Gasteiger partial charge in [-0.15, -0.1) is 0 Å². The van der Waals surface area contributed by atoms with Gasteiger partial charge < -0.3 is 20.6 Å². The number of aliphatic hydroxyl groups excluding tert-OH is 3. The smallest absolute Gasteiger partial charge is 0.238 e. The minimum atomic E-state index is -1.25. The topological polar surface area (TPSA) is 102 Å². The number of hydrogen-bond acceptors (Lipinski definition) is 5. The van der Waals surface area contributed by atoms with Crippen molar-refractivity contribution in [3.05, 3.63) is 28.7 Å². The number of benzene rings is 1. The molecular weight excluding hydrogens is 316 g/mol. The Bertz CT molecular complexity index is 398. The van der Waals surface area contributed by atoms with E-state index in [4.69, 9.17) is 15.3 Å². The van der Waals surface area contributed by atoms with Gasteiger partial charge in [-0.2, -0.15) is 0 Å². The molecule has 0 radical (unpaired) electrons. The Balaban J connectivity index is 2.49. The van der Waals surface area contributed by atoms with Crippen molar-refractivity contribution in [2.45, 2.75) is 5.54 Å². The van der Waals surface area contributed by atoms with Gasteiger partial charge in [0.2, 0.25) is 5.91 Å². The highest BCUT2D eigenvalue weighted by molar-refractivity contribution is 9.10. The second-order valence-electron chi connectivity index (χ2n) is 4.16. The Hall–Kier alpha value is -0.990. The number of carbonyl (C=O) groups is 1. The van der Waals surface area contributed by atoms with Crippen molar-refractivity contribution in [2.24, 2.45) is 0 Å². The third kappa shape index (κ3) is 4.88. The SMILES string of the molecule is O=C(CNC(CO)(CO)CO)Nc1ccc(Br)cc1. The van der Waals surface area contributed by atoms with Crippen LogP contribution in [0.25, 0.3) is 0 Å². The van der Waals surface area contributed by atoms with Gasteiger partial charge in [-0.05, 0) is 24.3 Å². The molecule has 106 valence electrons. The zero-order chi connectivity index (χ0) is 14.3. The lowest BCUT2D eigenvalue weighted by atomic mass is 10.0. The van der Waals surface area contributed by atoms with Crippen molar-refractivity contribution in [1.82, 2.24) is 5.32 Å². The summed E-state index contributed by atoms with van der Waals surface area (Å²) in [5.41, 5.74) is -0.616. The van der Waals surface area contributed by atoms with Gasteiger partial charge in [-0.1, -0.05) is 15.9 Å². The van der Waals surface area contributed by atoms with E-state index in [1.807, 2.05) is 0 Å². The fourth-order valence-corrected chi connectivity index (χ4v) is 1.59. The first-order chi connectivity index (χ1) is 9.05. The van der Waals surface area contributed by atoms with Crippen LogP contribution in [0.15, 0.2) is 28.7 Å². The van der Waals surface area contributed by atoms with Crippen LogP contribution < -0.4 is 10.6 Å². The van der Waals surface area contributed by atoms with Crippen LogP contribution >= 0.6 is 15.9 Å². The van der Waals surface area contributed by atoms with E-state index in [1.165, 1.54) is 0 Å². The molecule has 1 aromatic carbocycles. The largest absolute Gasteiger partial charge is 0.394 e. The van der Waals surface area contributed by atoms with Crippen LogP contribution in [0.3, 0.4) is 0 Å². The highest BCUT2D eigenvalue weighted by Crippen LogP contribution is 2.13. The summed E-state index contributed by atoms with van der Waals surface area (Å²) in [6.45, 7) is -1.53. The molecule has 0 aliphatic rings. The summed E-state index contributed by atoms with van der Waals surface area (Å²) in [7, 11) is 0. The van der Waals surface area contributed by atoms with E-state index >= 15 is 0 Å². The molecule has 19 heavy (non-hydrogen) atoms. The number of hydrogen-bond donors (Lipinski definition) is 5. The highest BCUT2D eigenvalue weighted by Gasteiger charge is 2.27. The zero-order valence-corrected chi connectivity index (χ0v) is 11.9. The van der Waals surface area contributed by atoms with Crippen LogP contribution in [0.1, 0.15) is 0 Å². The van der Waals surface area contributed by atoms with Crippen LogP contribution in [0.2, 0.25) is 0 Å². The van der Waals surface area contributed by atoms with E-state index in [2.05, 4.69) is 26.6 Å². The van der Waals surface area contributed by atoms with Crippen molar-refractivity contribution in [3.63, 3.8) is 0 Å². The molecule has 0 aliphatic carbocycles. The van der Waals surface area contributed by atoms with Crippen molar-refractivity contribution in [2.75, 3.05) is 31.7 Å². The summed E-state index contributed by atoms with van der Waals surface area (Å²) in [6.07, 6.45) is 0. The Labute approximate surface area is 119 Å². The molecule has 1 rings (SSSR count). The molecule has 0 spiro atoms. The van der Waals surface area contributed by atoms with E-state index in [1.54, 1.807) is 24.3 Å². The van der Waals surface area contributed by atoms with Crippen molar-refractivity contribution < 1.29 is 20.1 Å². The third-order valence-electron chi connectivity index (χ3n) is 2.66. The summed E-state index contributed by atoms with van der Waals surface area (Å²) >= 11 is 3.29. The zero-order valence-electron chi connectivity index (χ0n) is 10.3. The molecule has 6 nitrogen and oxygen atoms in total. The molecule has 0 bridgehead atoms. The number of amides is 1.